The molecule has 1 aliphatic rings. The average molecular weight is 334 g/mol. The number of amides is 2. The van der Waals surface area contributed by atoms with Gasteiger partial charge in [0.1, 0.15) is 12.1 Å². The lowest BCUT2D eigenvalue weighted by Crippen LogP contribution is -2.56. The quantitative estimate of drug-likeness (QED) is 0.779. The molecule has 3 atom stereocenters. The van der Waals surface area contributed by atoms with E-state index in [1.165, 1.54) is 7.11 Å². The van der Waals surface area contributed by atoms with Gasteiger partial charge in [-0.15, -0.1) is 0 Å². The monoisotopic (exact) mass is 334 g/mol. The maximum atomic E-state index is 12.7. The Kier molecular flexibility index (Phi) is 5.83. The minimum Gasteiger partial charge on any atom is -0.453 e. The lowest BCUT2D eigenvalue weighted by molar-refractivity contribution is -0.126. The first kappa shape index (κ1) is 18.3. The Morgan fingerprint density at radius 2 is 1.88 bits per heavy atom. The van der Waals surface area contributed by atoms with Gasteiger partial charge in [0.15, 0.2) is 0 Å². The second kappa shape index (κ2) is 7.66. The van der Waals surface area contributed by atoms with Crippen molar-refractivity contribution in [2.24, 2.45) is 5.41 Å². The van der Waals surface area contributed by atoms with E-state index in [1.807, 2.05) is 51.1 Å². The van der Waals surface area contributed by atoms with E-state index in [1.54, 1.807) is 0 Å². The molecule has 2 N–H and O–H groups in total. The lowest BCUT2D eigenvalue weighted by Gasteiger charge is -2.31. The zero-order valence-corrected chi connectivity index (χ0v) is 14.7. The summed E-state index contributed by atoms with van der Waals surface area (Å²) in [5, 5.41) is 5.65. The summed E-state index contributed by atoms with van der Waals surface area (Å²) in [5.41, 5.74) is 0.687. The summed E-state index contributed by atoms with van der Waals surface area (Å²) < 4.78 is 10.0. The molecule has 2 amide bonds. The lowest BCUT2D eigenvalue weighted by atomic mass is 9.86. The number of rotatable bonds is 6. The van der Waals surface area contributed by atoms with Crippen molar-refractivity contribution in [1.29, 1.82) is 0 Å². The number of carbonyl (C=O) groups excluding carboxylic acids is 2. The second-order valence-corrected chi connectivity index (χ2v) is 7.11. The van der Waals surface area contributed by atoms with E-state index < -0.39 is 17.6 Å². The van der Waals surface area contributed by atoms with Crippen LogP contribution in [0, 0.1) is 5.41 Å². The van der Waals surface area contributed by atoms with Crippen LogP contribution in [0.25, 0.3) is 0 Å². The number of hydrogen-bond donors (Lipinski definition) is 2. The van der Waals surface area contributed by atoms with Gasteiger partial charge in [-0.25, -0.2) is 4.79 Å². The van der Waals surface area contributed by atoms with Gasteiger partial charge in [-0.1, -0.05) is 51.1 Å². The maximum Gasteiger partial charge on any atom is 0.407 e. The average Bonchev–Trinajstić information content (AvgIpc) is 3.36. The molecule has 24 heavy (non-hydrogen) atoms. The maximum absolute atomic E-state index is 12.7. The van der Waals surface area contributed by atoms with Crippen molar-refractivity contribution < 1.29 is 19.1 Å². The molecule has 1 heterocycles. The molecular weight excluding hydrogens is 308 g/mol. The summed E-state index contributed by atoms with van der Waals surface area (Å²) in [4.78, 5) is 24.3. The summed E-state index contributed by atoms with van der Waals surface area (Å²) in [6.07, 6.45) is 0.0899. The molecule has 6 heteroatoms. The second-order valence-electron chi connectivity index (χ2n) is 7.11. The van der Waals surface area contributed by atoms with E-state index >= 15 is 0 Å². The topological polar surface area (TPSA) is 80.0 Å². The highest BCUT2D eigenvalue weighted by molar-refractivity contribution is 5.86. The van der Waals surface area contributed by atoms with Crippen LogP contribution >= 0.6 is 0 Å². The smallest absolute Gasteiger partial charge is 0.407 e. The number of carbonyl (C=O) groups is 2. The Balaban J connectivity index is 2.06. The molecule has 1 aromatic carbocycles. The van der Waals surface area contributed by atoms with Crippen LogP contribution < -0.4 is 10.6 Å². The number of benzene rings is 1. The molecule has 1 saturated heterocycles. The Morgan fingerprint density at radius 3 is 2.38 bits per heavy atom. The van der Waals surface area contributed by atoms with Gasteiger partial charge < -0.3 is 20.1 Å². The van der Waals surface area contributed by atoms with Crippen molar-refractivity contribution in [3.8, 4) is 0 Å². The molecule has 0 bridgehead atoms. The SMILES string of the molecule is COC(=O)NC(C(=O)N[C@@H](Cc1ccccc1)C1CO1)C(C)(C)C. The van der Waals surface area contributed by atoms with E-state index in [9.17, 15) is 9.59 Å². The fourth-order valence-corrected chi connectivity index (χ4v) is 2.55. The molecule has 1 aromatic rings. The molecule has 1 aliphatic heterocycles. The zero-order chi connectivity index (χ0) is 17.7. The summed E-state index contributed by atoms with van der Waals surface area (Å²) in [7, 11) is 1.28. The Labute approximate surface area is 142 Å². The number of nitrogens with one attached hydrogen (secondary N) is 2. The van der Waals surface area contributed by atoms with Crippen LogP contribution in [0.1, 0.15) is 26.3 Å². The number of methoxy groups -OCH3 is 1. The first-order chi connectivity index (χ1) is 11.3. The molecule has 0 aliphatic carbocycles. The van der Waals surface area contributed by atoms with Crippen molar-refractivity contribution in [2.75, 3.05) is 13.7 Å². The zero-order valence-electron chi connectivity index (χ0n) is 14.7. The minimum atomic E-state index is -0.693. The van der Waals surface area contributed by atoms with Crippen LogP contribution in [0.2, 0.25) is 0 Å². The molecule has 0 spiro atoms. The Hall–Kier alpha value is -2.08. The molecule has 2 unspecified atom stereocenters. The predicted octanol–water partition coefficient (Wildman–Crippen LogP) is 1.88. The third-order valence-corrected chi connectivity index (χ3v) is 4.01. The highest BCUT2D eigenvalue weighted by Crippen LogP contribution is 2.22. The fourth-order valence-electron chi connectivity index (χ4n) is 2.55. The van der Waals surface area contributed by atoms with E-state index in [0.29, 0.717) is 13.0 Å². The van der Waals surface area contributed by atoms with Gasteiger partial charge in [0.05, 0.1) is 19.8 Å². The molecule has 1 fully saturated rings. The van der Waals surface area contributed by atoms with Crippen LogP contribution in [-0.4, -0.2) is 43.9 Å². The summed E-state index contributed by atoms with van der Waals surface area (Å²) in [6, 6.07) is 9.13. The van der Waals surface area contributed by atoms with Gasteiger partial charge in [0, 0.05) is 0 Å². The van der Waals surface area contributed by atoms with Crippen molar-refractivity contribution in [3.05, 3.63) is 35.9 Å². The van der Waals surface area contributed by atoms with E-state index in [4.69, 9.17) is 4.74 Å². The first-order valence-electron chi connectivity index (χ1n) is 8.11. The van der Waals surface area contributed by atoms with Crippen LogP contribution in [0.4, 0.5) is 4.79 Å². The van der Waals surface area contributed by atoms with Gasteiger partial charge in [0.25, 0.3) is 0 Å². The normalized spacial score (nSPS) is 19.1. The first-order valence-corrected chi connectivity index (χ1v) is 8.11. The van der Waals surface area contributed by atoms with Crippen molar-refractivity contribution in [3.63, 3.8) is 0 Å². The summed E-state index contributed by atoms with van der Waals surface area (Å²) in [5.74, 6) is -0.232. The number of alkyl carbamates (subject to hydrolysis) is 1. The standard InChI is InChI=1S/C18H26N2O4/c1-18(2,3)15(20-17(22)23-4)16(21)19-13(14-11-24-14)10-12-8-6-5-7-9-12/h5-9,13-15H,10-11H2,1-4H3,(H,19,21)(H,20,22)/t13-,14?,15?/m0/s1. The predicted molar refractivity (Wildman–Crippen MR) is 90.6 cm³/mol. The number of ether oxygens (including phenoxy) is 2. The fraction of sp³-hybridized carbons (Fsp3) is 0.556. The summed E-state index contributed by atoms with van der Waals surface area (Å²) >= 11 is 0. The van der Waals surface area contributed by atoms with Gasteiger partial charge in [-0.3, -0.25) is 4.79 Å². The minimum absolute atomic E-state index is 0.0212. The van der Waals surface area contributed by atoms with Crippen molar-refractivity contribution >= 4 is 12.0 Å². The highest BCUT2D eigenvalue weighted by atomic mass is 16.6. The van der Waals surface area contributed by atoms with Crippen LogP contribution in [0.3, 0.4) is 0 Å². The van der Waals surface area contributed by atoms with E-state index in [0.717, 1.165) is 5.56 Å². The molecular formula is C18H26N2O4. The van der Waals surface area contributed by atoms with E-state index in [-0.39, 0.29) is 18.1 Å². The Bertz CT molecular complexity index is 564. The highest BCUT2D eigenvalue weighted by Gasteiger charge is 2.38. The molecule has 6 nitrogen and oxygen atoms in total. The van der Waals surface area contributed by atoms with E-state index in [2.05, 4.69) is 15.4 Å². The van der Waals surface area contributed by atoms with Crippen LogP contribution in [-0.2, 0) is 20.7 Å². The van der Waals surface area contributed by atoms with Gasteiger partial charge in [-0.05, 0) is 17.4 Å². The summed E-state index contributed by atoms with van der Waals surface area (Å²) in [6.45, 7) is 6.33. The third kappa shape index (κ3) is 5.23. The van der Waals surface area contributed by atoms with Crippen LogP contribution in [0.15, 0.2) is 30.3 Å². The molecule has 0 aromatic heterocycles. The van der Waals surface area contributed by atoms with Crippen LogP contribution in [0.5, 0.6) is 0 Å². The molecule has 132 valence electrons. The molecule has 2 rings (SSSR count). The van der Waals surface area contributed by atoms with Crippen molar-refractivity contribution in [1.82, 2.24) is 10.6 Å². The number of epoxide rings is 1. The van der Waals surface area contributed by atoms with Gasteiger partial charge in [-0.2, -0.15) is 0 Å². The number of hydrogen-bond acceptors (Lipinski definition) is 4. The largest absolute Gasteiger partial charge is 0.453 e. The van der Waals surface area contributed by atoms with Gasteiger partial charge >= 0.3 is 6.09 Å². The molecule has 0 radical (unpaired) electrons. The van der Waals surface area contributed by atoms with Crippen molar-refractivity contribution in [2.45, 2.75) is 45.4 Å². The van der Waals surface area contributed by atoms with Gasteiger partial charge in [0.2, 0.25) is 5.91 Å². The molecule has 0 saturated carbocycles. The third-order valence-electron chi connectivity index (χ3n) is 4.01. The Morgan fingerprint density at radius 1 is 1.25 bits per heavy atom.